The highest BCUT2D eigenvalue weighted by atomic mass is 35.5. The average Bonchev–Trinajstić information content (AvgIpc) is 2.86. The molecule has 124 valence electrons. The number of thioether (sulfide) groups is 1. The Balaban J connectivity index is 1.81. The normalized spacial score (nSPS) is 11.2. The lowest BCUT2D eigenvalue weighted by molar-refractivity contribution is 0.0998. The Hall–Kier alpha value is -2.05. The fourth-order valence-corrected chi connectivity index (χ4v) is 2.99. The Morgan fingerprint density at radius 2 is 1.92 bits per heavy atom. The van der Waals surface area contributed by atoms with Crippen molar-refractivity contribution >= 4 is 45.9 Å². The summed E-state index contributed by atoms with van der Waals surface area (Å²) in [5.74, 6) is -2.69. The van der Waals surface area contributed by atoms with Crippen LogP contribution in [0.1, 0.15) is 16.1 Å². The topological polar surface area (TPSA) is 42.2 Å². The molecule has 0 fully saturated rings. The molecule has 1 heterocycles. The Bertz CT molecular complexity index is 893. The van der Waals surface area contributed by atoms with E-state index in [1.807, 2.05) is 0 Å². The third kappa shape index (κ3) is 3.55. The minimum Gasteiger partial charge on any atom is -0.451 e. The molecule has 3 nitrogen and oxygen atoms in total. The standard InChI is InChI=1S/C17H12ClF2NO2S/c1-9-13-8-10(18)2-7-14(13)23-15(9)16(22)21-11-3-5-12(6-4-11)24-17(19)20/h2-8,17H,1H3,(H,21,22). The summed E-state index contributed by atoms with van der Waals surface area (Å²) in [6.07, 6.45) is 0. The van der Waals surface area contributed by atoms with Crippen LogP contribution in [0.5, 0.6) is 0 Å². The number of halogens is 3. The molecule has 0 bridgehead atoms. The number of benzene rings is 2. The molecule has 0 saturated carbocycles. The predicted molar refractivity (Wildman–Crippen MR) is 92.2 cm³/mol. The molecular weight excluding hydrogens is 356 g/mol. The maximum atomic E-state index is 12.4. The number of carbonyl (C=O) groups excluding carboxylic acids is 1. The van der Waals surface area contributed by atoms with Crippen molar-refractivity contribution in [1.29, 1.82) is 0 Å². The lowest BCUT2D eigenvalue weighted by atomic mass is 10.1. The molecule has 3 rings (SSSR count). The highest BCUT2D eigenvalue weighted by molar-refractivity contribution is 7.99. The summed E-state index contributed by atoms with van der Waals surface area (Å²) in [6, 6.07) is 11.3. The van der Waals surface area contributed by atoms with Crippen LogP contribution in [0.3, 0.4) is 0 Å². The zero-order chi connectivity index (χ0) is 17.3. The second-order valence-corrected chi connectivity index (χ2v) is 6.55. The molecule has 0 saturated heterocycles. The van der Waals surface area contributed by atoms with E-state index in [-0.39, 0.29) is 5.76 Å². The van der Waals surface area contributed by atoms with E-state index in [1.165, 1.54) is 12.1 Å². The zero-order valence-electron chi connectivity index (χ0n) is 12.5. The SMILES string of the molecule is Cc1c(C(=O)Nc2ccc(SC(F)F)cc2)oc2ccc(Cl)cc12. The summed E-state index contributed by atoms with van der Waals surface area (Å²) in [7, 11) is 0. The highest BCUT2D eigenvalue weighted by Gasteiger charge is 2.18. The number of anilines is 1. The van der Waals surface area contributed by atoms with Crippen molar-refractivity contribution in [2.45, 2.75) is 17.6 Å². The van der Waals surface area contributed by atoms with Crippen molar-refractivity contribution in [2.24, 2.45) is 0 Å². The number of carbonyl (C=O) groups is 1. The third-order valence-electron chi connectivity index (χ3n) is 3.44. The lowest BCUT2D eigenvalue weighted by Crippen LogP contribution is -2.11. The molecule has 1 amide bonds. The van der Waals surface area contributed by atoms with E-state index in [0.29, 0.717) is 38.5 Å². The number of rotatable bonds is 4. The van der Waals surface area contributed by atoms with E-state index < -0.39 is 11.7 Å². The third-order valence-corrected chi connectivity index (χ3v) is 4.40. The molecule has 7 heteroatoms. The maximum Gasteiger partial charge on any atom is 0.291 e. The van der Waals surface area contributed by atoms with Gasteiger partial charge in [-0.3, -0.25) is 4.79 Å². The Morgan fingerprint density at radius 3 is 2.58 bits per heavy atom. The second kappa shape index (κ2) is 6.83. The van der Waals surface area contributed by atoms with Crippen LogP contribution in [0.15, 0.2) is 51.8 Å². The van der Waals surface area contributed by atoms with Crippen LogP contribution in [0.25, 0.3) is 11.0 Å². The van der Waals surface area contributed by atoms with E-state index in [1.54, 1.807) is 37.3 Å². The molecule has 0 spiro atoms. The first-order valence-electron chi connectivity index (χ1n) is 6.99. The summed E-state index contributed by atoms with van der Waals surface area (Å²) in [5, 5.41) is 4.03. The Kier molecular flexibility index (Phi) is 4.78. The predicted octanol–water partition coefficient (Wildman–Crippen LogP) is 5.96. The van der Waals surface area contributed by atoms with Gasteiger partial charge in [0, 0.05) is 26.6 Å². The Morgan fingerprint density at radius 1 is 1.21 bits per heavy atom. The van der Waals surface area contributed by atoms with Gasteiger partial charge in [0.1, 0.15) is 5.58 Å². The molecule has 1 N–H and O–H groups in total. The van der Waals surface area contributed by atoms with Crippen LogP contribution in [-0.2, 0) is 0 Å². The lowest BCUT2D eigenvalue weighted by Gasteiger charge is -2.05. The molecule has 3 aromatic rings. The van der Waals surface area contributed by atoms with E-state index in [9.17, 15) is 13.6 Å². The first-order chi connectivity index (χ1) is 11.4. The number of hydrogen-bond acceptors (Lipinski definition) is 3. The number of aryl methyl sites for hydroxylation is 1. The summed E-state index contributed by atoms with van der Waals surface area (Å²) < 4.78 is 30.2. The van der Waals surface area contributed by atoms with Gasteiger partial charge in [0.2, 0.25) is 0 Å². The minimum atomic E-state index is -2.48. The molecule has 1 aromatic heterocycles. The molecular formula is C17H12ClF2NO2S. The van der Waals surface area contributed by atoms with Crippen molar-refractivity contribution in [3.63, 3.8) is 0 Å². The fourth-order valence-electron chi connectivity index (χ4n) is 2.32. The van der Waals surface area contributed by atoms with Gasteiger partial charge in [0.15, 0.2) is 5.76 Å². The first-order valence-corrected chi connectivity index (χ1v) is 8.24. The molecule has 24 heavy (non-hydrogen) atoms. The highest BCUT2D eigenvalue weighted by Crippen LogP contribution is 2.29. The quantitative estimate of drug-likeness (QED) is 0.578. The molecule has 2 aromatic carbocycles. The number of nitrogens with one attached hydrogen (secondary N) is 1. The van der Waals surface area contributed by atoms with Gasteiger partial charge in [0.05, 0.1) is 0 Å². The van der Waals surface area contributed by atoms with Gasteiger partial charge in [-0.1, -0.05) is 23.4 Å². The van der Waals surface area contributed by atoms with Crippen LogP contribution in [0.2, 0.25) is 5.02 Å². The number of alkyl halides is 2. The summed E-state index contributed by atoms with van der Waals surface area (Å²) >= 11 is 6.41. The zero-order valence-corrected chi connectivity index (χ0v) is 14.0. The molecule has 0 unspecified atom stereocenters. The Labute approximate surface area is 146 Å². The van der Waals surface area contributed by atoms with Gasteiger partial charge in [-0.15, -0.1) is 0 Å². The number of furan rings is 1. The summed E-state index contributed by atoms with van der Waals surface area (Å²) in [4.78, 5) is 12.8. The smallest absolute Gasteiger partial charge is 0.291 e. The van der Waals surface area contributed by atoms with E-state index >= 15 is 0 Å². The van der Waals surface area contributed by atoms with E-state index in [4.69, 9.17) is 16.0 Å². The van der Waals surface area contributed by atoms with Gasteiger partial charge >= 0.3 is 0 Å². The van der Waals surface area contributed by atoms with E-state index in [2.05, 4.69) is 5.32 Å². The van der Waals surface area contributed by atoms with Crippen LogP contribution in [-0.4, -0.2) is 11.7 Å². The summed E-state index contributed by atoms with van der Waals surface area (Å²) in [6.45, 7) is 1.78. The molecule has 0 aliphatic heterocycles. The van der Waals surface area contributed by atoms with Gasteiger partial charge < -0.3 is 9.73 Å². The number of amides is 1. The van der Waals surface area contributed by atoms with Gasteiger partial charge in [0.25, 0.3) is 11.7 Å². The van der Waals surface area contributed by atoms with Crippen molar-refractivity contribution in [3.8, 4) is 0 Å². The van der Waals surface area contributed by atoms with Crippen molar-refractivity contribution in [2.75, 3.05) is 5.32 Å². The van der Waals surface area contributed by atoms with Crippen LogP contribution in [0, 0.1) is 6.92 Å². The summed E-state index contributed by atoms with van der Waals surface area (Å²) in [5.41, 5.74) is 1.76. The number of fused-ring (bicyclic) bond motifs is 1. The van der Waals surface area contributed by atoms with Crippen LogP contribution >= 0.6 is 23.4 Å². The fraction of sp³-hybridized carbons (Fsp3) is 0.118. The maximum absolute atomic E-state index is 12.4. The largest absolute Gasteiger partial charge is 0.451 e. The van der Waals surface area contributed by atoms with Crippen LogP contribution in [0.4, 0.5) is 14.5 Å². The molecule has 0 radical (unpaired) electrons. The van der Waals surface area contributed by atoms with Crippen molar-refractivity contribution in [1.82, 2.24) is 0 Å². The molecule has 0 aliphatic carbocycles. The van der Waals surface area contributed by atoms with Gasteiger partial charge in [-0.05, 0) is 49.4 Å². The van der Waals surface area contributed by atoms with Gasteiger partial charge in [-0.2, -0.15) is 8.78 Å². The molecule has 0 atom stereocenters. The minimum absolute atomic E-state index is 0.193. The van der Waals surface area contributed by atoms with Gasteiger partial charge in [-0.25, -0.2) is 0 Å². The second-order valence-electron chi connectivity index (χ2n) is 5.05. The first kappa shape index (κ1) is 16.8. The molecule has 0 aliphatic rings. The van der Waals surface area contributed by atoms with Crippen LogP contribution < -0.4 is 5.32 Å². The monoisotopic (exact) mass is 367 g/mol. The van der Waals surface area contributed by atoms with E-state index in [0.717, 1.165) is 5.39 Å². The number of hydrogen-bond donors (Lipinski definition) is 1. The van der Waals surface area contributed by atoms with Crippen molar-refractivity contribution < 1.29 is 18.0 Å². The van der Waals surface area contributed by atoms with Crippen molar-refractivity contribution in [3.05, 3.63) is 58.8 Å². The average molecular weight is 368 g/mol.